The molecule has 0 saturated carbocycles. The fourth-order valence-corrected chi connectivity index (χ4v) is 3.54. The fourth-order valence-electron chi connectivity index (χ4n) is 3.42. The normalized spacial score (nSPS) is 17.2. The average molecular weight is 373 g/mol. The zero-order valence-electron chi connectivity index (χ0n) is 15.3. The van der Waals surface area contributed by atoms with E-state index < -0.39 is 0 Å². The zero-order valence-corrected chi connectivity index (χ0v) is 16.1. The Morgan fingerprint density at radius 1 is 1.27 bits per heavy atom. The van der Waals surface area contributed by atoms with Gasteiger partial charge in [-0.3, -0.25) is 4.79 Å². The first kappa shape index (κ1) is 18.6. The average Bonchev–Trinajstić information content (AvgIpc) is 2.66. The minimum absolute atomic E-state index is 0.184. The van der Waals surface area contributed by atoms with E-state index in [0.29, 0.717) is 29.1 Å². The first-order chi connectivity index (χ1) is 12.6. The van der Waals surface area contributed by atoms with Crippen LogP contribution in [0.15, 0.2) is 30.3 Å². The number of piperidine rings is 1. The van der Waals surface area contributed by atoms with Crippen molar-refractivity contribution in [2.45, 2.75) is 52.1 Å². The number of anilines is 1. The molecule has 1 aromatic carbocycles. The van der Waals surface area contributed by atoms with Crippen LogP contribution >= 0.6 is 11.6 Å². The summed E-state index contributed by atoms with van der Waals surface area (Å²) < 4.78 is 0. The number of hydrogen-bond acceptors (Lipinski definition) is 4. The molecular formula is C20H25ClN4O. The van der Waals surface area contributed by atoms with E-state index in [2.05, 4.69) is 27.1 Å². The van der Waals surface area contributed by atoms with Gasteiger partial charge in [-0.2, -0.15) is 0 Å². The maximum Gasteiger partial charge on any atom is 0.270 e. The molecule has 0 spiro atoms. The van der Waals surface area contributed by atoms with Crippen LogP contribution in [0.5, 0.6) is 0 Å². The van der Waals surface area contributed by atoms with Crippen molar-refractivity contribution in [1.29, 1.82) is 0 Å². The summed E-state index contributed by atoms with van der Waals surface area (Å²) in [5.41, 5.74) is 1.41. The first-order valence-corrected chi connectivity index (χ1v) is 9.59. The molecule has 1 saturated heterocycles. The van der Waals surface area contributed by atoms with Gasteiger partial charge < -0.3 is 10.2 Å². The smallest absolute Gasteiger partial charge is 0.270 e. The second-order valence-electron chi connectivity index (χ2n) is 6.72. The van der Waals surface area contributed by atoms with Crippen LogP contribution in [0.1, 0.15) is 54.5 Å². The van der Waals surface area contributed by atoms with Gasteiger partial charge in [-0.1, -0.05) is 30.7 Å². The highest BCUT2D eigenvalue weighted by molar-refractivity contribution is 6.30. The van der Waals surface area contributed by atoms with E-state index in [-0.39, 0.29) is 5.91 Å². The quantitative estimate of drug-likeness (QED) is 0.857. The molecule has 5 nitrogen and oxygen atoms in total. The van der Waals surface area contributed by atoms with E-state index in [1.54, 1.807) is 0 Å². The highest BCUT2D eigenvalue weighted by Crippen LogP contribution is 2.25. The Kier molecular flexibility index (Phi) is 6.09. The molecule has 1 unspecified atom stereocenters. The molecule has 1 aliphatic rings. The minimum atomic E-state index is -0.184. The number of rotatable bonds is 5. The lowest BCUT2D eigenvalue weighted by Gasteiger charge is -2.36. The first-order valence-electron chi connectivity index (χ1n) is 9.21. The number of halogens is 1. The van der Waals surface area contributed by atoms with Gasteiger partial charge in [-0.15, -0.1) is 0 Å². The van der Waals surface area contributed by atoms with Crippen LogP contribution < -0.4 is 10.2 Å². The molecule has 2 aromatic rings. The number of nitrogens with zero attached hydrogens (tertiary/aromatic N) is 3. The molecule has 1 fully saturated rings. The van der Waals surface area contributed by atoms with Gasteiger partial charge >= 0.3 is 0 Å². The van der Waals surface area contributed by atoms with Crippen molar-refractivity contribution in [2.24, 2.45) is 0 Å². The van der Waals surface area contributed by atoms with Crippen molar-refractivity contribution in [3.63, 3.8) is 0 Å². The third-order valence-electron chi connectivity index (χ3n) is 4.82. The zero-order chi connectivity index (χ0) is 18.5. The van der Waals surface area contributed by atoms with Gasteiger partial charge in [0.1, 0.15) is 17.3 Å². The Balaban J connectivity index is 1.73. The van der Waals surface area contributed by atoms with Crippen LogP contribution in [0.25, 0.3) is 0 Å². The van der Waals surface area contributed by atoms with Crippen LogP contribution in [-0.2, 0) is 6.54 Å². The lowest BCUT2D eigenvalue weighted by molar-refractivity contribution is 0.0945. The maximum atomic E-state index is 12.6. The van der Waals surface area contributed by atoms with Crippen molar-refractivity contribution in [3.05, 3.63) is 52.4 Å². The molecule has 0 radical (unpaired) electrons. The SMILES string of the molecule is CCC1CCCCN1c1cc(C(=O)NCc2ccc(Cl)cc2)nc(C)n1. The van der Waals surface area contributed by atoms with E-state index in [9.17, 15) is 4.79 Å². The van der Waals surface area contributed by atoms with E-state index >= 15 is 0 Å². The van der Waals surface area contributed by atoms with Gasteiger partial charge in [0.05, 0.1) is 0 Å². The highest BCUT2D eigenvalue weighted by atomic mass is 35.5. The lowest BCUT2D eigenvalue weighted by atomic mass is 10.00. The summed E-state index contributed by atoms with van der Waals surface area (Å²) in [7, 11) is 0. The molecule has 1 aliphatic heterocycles. The molecular weight excluding hydrogens is 348 g/mol. The molecule has 1 N–H and O–H groups in total. The van der Waals surface area contributed by atoms with Crippen molar-refractivity contribution in [3.8, 4) is 0 Å². The highest BCUT2D eigenvalue weighted by Gasteiger charge is 2.23. The van der Waals surface area contributed by atoms with Crippen LogP contribution in [0, 0.1) is 6.92 Å². The minimum Gasteiger partial charge on any atom is -0.354 e. The summed E-state index contributed by atoms with van der Waals surface area (Å²) in [5.74, 6) is 1.30. The predicted octanol–water partition coefficient (Wildman–Crippen LogP) is 4.14. The summed E-state index contributed by atoms with van der Waals surface area (Å²) >= 11 is 5.89. The molecule has 1 atom stereocenters. The Morgan fingerprint density at radius 3 is 2.77 bits per heavy atom. The number of benzene rings is 1. The van der Waals surface area contributed by atoms with Crippen molar-refractivity contribution in [2.75, 3.05) is 11.4 Å². The van der Waals surface area contributed by atoms with Gasteiger partial charge in [0.15, 0.2) is 0 Å². The molecule has 0 bridgehead atoms. The monoisotopic (exact) mass is 372 g/mol. The van der Waals surface area contributed by atoms with E-state index in [4.69, 9.17) is 11.6 Å². The summed E-state index contributed by atoms with van der Waals surface area (Å²) in [6, 6.07) is 9.74. The summed E-state index contributed by atoms with van der Waals surface area (Å²) in [4.78, 5) is 23.8. The molecule has 1 aromatic heterocycles. The summed E-state index contributed by atoms with van der Waals surface area (Å²) in [5, 5.41) is 3.61. The van der Waals surface area contributed by atoms with Crippen LogP contribution in [0.2, 0.25) is 5.02 Å². The van der Waals surface area contributed by atoms with Crippen LogP contribution in [-0.4, -0.2) is 28.5 Å². The molecule has 6 heteroatoms. The Hall–Kier alpha value is -2.14. The topological polar surface area (TPSA) is 58.1 Å². The number of carbonyl (C=O) groups is 1. The van der Waals surface area contributed by atoms with Crippen LogP contribution in [0.3, 0.4) is 0 Å². The fraction of sp³-hybridized carbons (Fsp3) is 0.450. The number of aromatic nitrogens is 2. The van der Waals surface area contributed by atoms with E-state index in [1.807, 2.05) is 37.3 Å². The third-order valence-corrected chi connectivity index (χ3v) is 5.07. The Bertz CT molecular complexity index is 763. The Labute approximate surface area is 159 Å². The molecule has 3 rings (SSSR count). The molecule has 26 heavy (non-hydrogen) atoms. The van der Waals surface area contributed by atoms with E-state index in [1.165, 1.54) is 12.8 Å². The van der Waals surface area contributed by atoms with Crippen molar-refractivity contribution >= 4 is 23.3 Å². The lowest BCUT2D eigenvalue weighted by Crippen LogP contribution is -2.40. The number of hydrogen-bond donors (Lipinski definition) is 1. The number of aryl methyl sites for hydroxylation is 1. The van der Waals surface area contributed by atoms with Gasteiger partial charge in [-0.25, -0.2) is 9.97 Å². The van der Waals surface area contributed by atoms with Crippen molar-refractivity contribution in [1.82, 2.24) is 15.3 Å². The van der Waals surface area contributed by atoms with Gasteiger partial charge in [0, 0.05) is 30.2 Å². The molecule has 2 heterocycles. The van der Waals surface area contributed by atoms with Crippen molar-refractivity contribution < 1.29 is 4.79 Å². The maximum absolute atomic E-state index is 12.6. The van der Waals surface area contributed by atoms with Gasteiger partial charge in [0.25, 0.3) is 5.91 Å². The van der Waals surface area contributed by atoms with Gasteiger partial charge in [0.2, 0.25) is 0 Å². The largest absolute Gasteiger partial charge is 0.354 e. The third kappa shape index (κ3) is 4.52. The van der Waals surface area contributed by atoms with Gasteiger partial charge in [-0.05, 0) is 50.3 Å². The summed E-state index contributed by atoms with van der Waals surface area (Å²) in [6.45, 7) is 5.47. The molecule has 1 amide bonds. The summed E-state index contributed by atoms with van der Waals surface area (Å²) in [6.07, 6.45) is 4.68. The predicted molar refractivity (Wildman–Crippen MR) is 105 cm³/mol. The van der Waals surface area contributed by atoms with E-state index in [0.717, 1.165) is 30.8 Å². The standard InChI is InChI=1S/C20H25ClN4O/c1-3-17-6-4-5-11-25(17)19-12-18(23-14(2)24-19)20(26)22-13-15-7-9-16(21)10-8-15/h7-10,12,17H,3-6,11,13H2,1-2H3,(H,22,26). The van der Waals surface area contributed by atoms with Crippen LogP contribution in [0.4, 0.5) is 5.82 Å². The number of nitrogens with one attached hydrogen (secondary N) is 1. The second-order valence-corrected chi connectivity index (χ2v) is 7.16. The second kappa shape index (κ2) is 8.49. The molecule has 138 valence electrons. The number of amides is 1. The molecule has 0 aliphatic carbocycles. The number of carbonyl (C=O) groups excluding carboxylic acids is 1. The Morgan fingerprint density at radius 2 is 2.04 bits per heavy atom.